The average Bonchev–Trinajstić information content (AvgIpc) is 2.22. The molecule has 0 heterocycles. The van der Waals surface area contributed by atoms with Gasteiger partial charge in [-0.1, -0.05) is 20.8 Å². The van der Waals surface area contributed by atoms with Gasteiger partial charge in [-0.05, 0) is 80.0 Å². The van der Waals surface area contributed by atoms with Gasteiger partial charge in [-0.3, -0.25) is 0 Å². The molecule has 18 heavy (non-hydrogen) atoms. The van der Waals surface area contributed by atoms with Gasteiger partial charge in [0, 0.05) is 6.04 Å². The SMILES string of the molecule is CC(C)(C)C(N)CCC12CC3CC(CC(C3)C1)C2. The Kier molecular flexibility index (Phi) is 3.05. The molecular formula is C17H31N. The summed E-state index contributed by atoms with van der Waals surface area (Å²) in [4.78, 5) is 0. The van der Waals surface area contributed by atoms with Crippen molar-refractivity contribution in [3.05, 3.63) is 0 Å². The van der Waals surface area contributed by atoms with Crippen LogP contribution in [0.25, 0.3) is 0 Å². The van der Waals surface area contributed by atoms with Crippen LogP contribution < -0.4 is 5.73 Å². The first-order valence-corrected chi connectivity index (χ1v) is 8.12. The minimum absolute atomic E-state index is 0.280. The number of hydrogen-bond acceptors (Lipinski definition) is 1. The Morgan fingerprint density at radius 1 is 1.00 bits per heavy atom. The van der Waals surface area contributed by atoms with Gasteiger partial charge in [0.15, 0.2) is 0 Å². The number of nitrogens with two attached hydrogens (primary N) is 1. The molecule has 0 amide bonds. The van der Waals surface area contributed by atoms with Crippen LogP contribution in [0.4, 0.5) is 0 Å². The van der Waals surface area contributed by atoms with Gasteiger partial charge in [0.2, 0.25) is 0 Å². The van der Waals surface area contributed by atoms with Crippen LogP contribution in [0.15, 0.2) is 0 Å². The van der Waals surface area contributed by atoms with Crippen LogP contribution in [0, 0.1) is 28.6 Å². The van der Waals surface area contributed by atoms with Crippen molar-refractivity contribution in [2.24, 2.45) is 34.3 Å². The van der Waals surface area contributed by atoms with E-state index in [4.69, 9.17) is 5.73 Å². The second-order valence-corrected chi connectivity index (χ2v) is 8.93. The Labute approximate surface area is 113 Å². The van der Waals surface area contributed by atoms with E-state index in [-0.39, 0.29) is 5.41 Å². The summed E-state index contributed by atoms with van der Waals surface area (Å²) in [5.74, 6) is 3.26. The lowest BCUT2D eigenvalue weighted by molar-refractivity contribution is -0.0599. The summed E-state index contributed by atoms with van der Waals surface area (Å²) in [6.07, 6.45) is 12.0. The van der Waals surface area contributed by atoms with E-state index in [1.165, 1.54) is 32.1 Å². The summed E-state index contributed by atoms with van der Waals surface area (Å²) in [5, 5.41) is 0. The largest absolute Gasteiger partial charge is 0.327 e. The normalized spacial score (nSPS) is 44.3. The molecule has 4 rings (SSSR count). The summed E-state index contributed by atoms with van der Waals surface area (Å²) in [5.41, 5.74) is 7.38. The summed E-state index contributed by atoms with van der Waals surface area (Å²) in [6.45, 7) is 6.87. The summed E-state index contributed by atoms with van der Waals surface area (Å²) in [7, 11) is 0. The molecule has 4 bridgehead atoms. The van der Waals surface area contributed by atoms with Gasteiger partial charge in [0.25, 0.3) is 0 Å². The van der Waals surface area contributed by atoms with Crippen molar-refractivity contribution in [1.82, 2.24) is 0 Å². The predicted molar refractivity (Wildman–Crippen MR) is 77.3 cm³/mol. The van der Waals surface area contributed by atoms with Gasteiger partial charge in [-0.2, -0.15) is 0 Å². The Hall–Kier alpha value is -0.0400. The van der Waals surface area contributed by atoms with Crippen molar-refractivity contribution >= 4 is 0 Å². The summed E-state index contributed by atoms with van der Waals surface area (Å²) < 4.78 is 0. The highest BCUT2D eigenvalue weighted by molar-refractivity contribution is 5.01. The molecule has 0 radical (unpaired) electrons. The summed E-state index contributed by atoms with van der Waals surface area (Å²) in [6, 6.07) is 0.380. The van der Waals surface area contributed by atoms with E-state index in [1.807, 2.05) is 0 Å². The first kappa shape index (κ1) is 13.0. The Morgan fingerprint density at radius 2 is 1.44 bits per heavy atom. The average molecular weight is 249 g/mol. The lowest BCUT2D eigenvalue weighted by Crippen LogP contribution is -2.47. The Balaban J connectivity index is 1.62. The smallest absolute Gasteiger partial charge is 0.00878 e. The molecule has 0 spiro atoms. The quantitative estimate of drug-likeness (QED) is 0.790. The molecule has 4 saturated carbocycles. The maximum atomic E-state index is 6.38. The van der Waals surface area contributed by atoms with Crippen LogP contribution in [0.5, 0.6) is 0 Å². The van der Waals surface area contributed by atoms with Gasteiger partial charge in [0.1, 0.15) is 0 Å². The van der Waals surface area contributed by atoms with Gasteiger partial charge in [0.05, 0.1) is 0 Å². The first-order chi connectivity index (χ1) is 8.36. The second kappa shape index (κ2) is 4.23. The highest BCUT2D eigenvalue weighted by Gasteiger charge is 2.50. The van der Waals surface area contributed by atoms with Crippen molar-refractivity contribution in [3.8, 4) is 0 Å². The molecule has 4 aliphatic rings. The zero-order chi connectivity index (χ0) is 13.0. The van der Waals surface area contributed by atoms with Crippen molar-refractivity contribution in [1.29, 1.82) is 0 Å². The molecule has 4 fully saturated rings. The van der Waals surface area contributed by atoms with Crippen LogP contribution in [-0.4, -0.2) is 6.04 Å². The fourth-order valence-electron chi connectivity index (χ4n) is 5.49. The topological polar surface area (TPSA) is 26.0 Å². The zero-order valence-corrected chi connectivity index (χ0v) is 12.5. The molecule has 4 aliphatic carbocycles. The van der Waals surface area contributed by atoms with Gasteiger partial charge in [-0.15, -0.1) is 0 Å². The van der Waals surface area contributed by atoms with Crippen LogP contribution in [0.1, 0.15) is 72.1 Å². The van der Waals surface area contributed by atoms with Gasteiger partial charge >= 0.3 is 0 Å². The third-order valence-electron chi connectivity index (χ3n) is 6.26. The lowest BCUT2D eigenvalue weighted by Gasteiger charge is -2.57. The highest BCUT2D eigenvalue weighted by atomic mass is 14.7. The Morgan fingerprint density at radius 3 is 1.83 bits per heavy atom. The molecule has 1 nitrogen and oxygen atoms in total. The van der Waals surface area contributed by atoms with E-state index in [9.17, 15) is 0 Å². The van der Waals surface area contributed by atoms with Crippen LogP contribution >= 0.6 is 0 Å². The Bertz CT molecular complexity index is 277. The first-order valence-electron chi connectivity index (χ1n) is 8.12. The second-order valence-electron chi connectivity index (χ2n) is 8.93. The molecule has 0 aromatic rings. The molecule has 0 aromatic carbocycles. The maximum absolute atomic E-state index is 6.38. The van der Waals surface area contributed by atoms with Gasteiger partial charge < -0.3 is 5.73 Å². The van der Waals surface area contributed by atoms with E-state index in [2.05, 4.69) is 20.8 Å². The fraction of sp³-hybridized carbons (Fsp3) is 1.00. The highest BCUT2D eigenvalue weighted by Crippen LogP contribution is 2.61. The molecule has 0 saturated heterocycles. The molecular weight excluding hydrogens is 218 g/mol. The van der Waals surface area contributed by atoms with Crippen molar-refractivity contribution in [3.63, 3.8) is 0 Å². The third kappa shape index (κ3) is 2.35. The minimum Gasteiger partial charge on any atom is -0.327 e. The van der Waals surface area contributed by atoms with Crippen LogP contribution in [0.3, 0.4) is 0 Å². The minimum atomic E-state index is 0.280. The van der Waals surface area contributed by atoms with E-state index in [0.717, 1.165) is 23.2 Å². The molecule has 104 valence electrons. The molecule has 1 atom stereocenters. The molecule has 0 aromatic heterocycles. The third-order valence-corrected chi connectivity index (χ3v) is 6.26. The fourth-order valence-corrected chi connectivity index (χ4v) is 5.49. The zero-order valence-electron chi connectivity index (χ0n) is 12.5. The van der Waals surface area contributed by atoms with Crippen molar-refractivity contribution in [2.45, 2.75) is 78.2 Å². The lowest BCUT2D eigenvalue weighted by atomic mass is 9.48. The van der Waals surface area contributed by atoms with E-state index in [0.29, 0.717) is 6.04 Å². The molecule has 2 N–H and O–H groups in total. The number of hydrogen-bond donors (Lipinski definition) is 1. The monoisotopic (exact) mass is 249 g/mol. The molecule has 1 heteroatoms. The summed E-state index contributed by atoms with van der Waals surface area (Å²) >= 11 is 0. The van der Waals surface area contributed by atoms with Crippen molar-refractivity contribution < 1.29 is 0 Å². The molecule has 0 aliphatic heterocycles. The van der Waals surface area contributed by atoms with Crippen LogP contribution in [-0.2, 0) is 0 Å². The predicted octanol–water partition coefficient (Wildman–Crippen LogP) is 4.36. The van der Waals surface area contributed by atoms with Gasteiger partial charge in [-0.25, -0.2) is 0 Å². The van der Waals surface area contributed by atoms with E-state index < -0.39 is 0 Å². The van der Waals surface area contributed by atoms with Crippen LogP contribution in [0.2, 0.25) is 0 Å². The van der Waals surface area contributed by atoms with E-state index in [1.54, 1.807) is 19.3 Å². The van der Waals surface area contributed by atoms with E-state index >= 15 is 0 Å². The number of rotatable bonds is 3. The standard InChI is InChI=1S/C17H31N/c1-16(2,3)15(18)4-5-17-9-12-6-13(10-17)8-14(7-12)11-17/h12-15H,4-11,18H2,1-3H3. The van der Waals surface area contributed by atoms with Crippen molar-refractivity contribution in [2.75, 3.05) is 0 Å². The maximum Gasteiger partial charge on any atom is 0.00878 e. The molecule has 1 unspecified atom stereocenters.